The number of aliphatic hydroxyl groups excluding tert-OH is 1. The van der Waals surface area contributed by atoms with Crippen LogP contribution in [0.3, 0.4) is 0 Å². The Morgan fingerprint density at radius 2 is 1.86 bits per heavy atom. The van der Waals surface area contributed by atoms with E-state index in [1.165, 1.54) is 0 Å². The van der Waals surface area contributed by atoms with Crippen molar-refractivity contribution in [3.63, 3.8) is 0 Å². The maximum atomic E-state index is 12.2. The van der Waals surface area contributed by atoms with Gasteiger partial charge in [0.05, 0.1) is 28.9 Å². The standard InChI is InChI=1S/C15H22Cl2N2O2/c1-3-11(4-2)19(8-9-20)10-14(21)18-15-12(16)6-5-7-13(15)17/h5-7,11,20H,3-4,8-10H2,1-2H3,(H,18,21). The predicted octanol–water partition coefficient (Wildman–Crippen LogP) is 3.41. The SMILES string of the molecule is CCC(CC)N(CCO)CC(=O)Nc1c(Cl)cccc1Cl. The Kier molecular flexibility index (Phi) is 8.04. The molecule has 1 aromatic carbocycles. The van der Waals surface area contributed by atoms with Crippen molar-refractivity contribution in [1.82, 2.24) is 4.90 Å². The Bertz CT molecular complexity index is 445. The highest BCUT2D eigenvalue weighted by molar-refractivity contribution is 6.39. The van der Waals surface area contributed by atoms with Crippen LogP contribution in [0.1, 0.15) is 26.7 Å². The van der Waals surface area contributed by atoms with E-state index in [0.29, 0.717) is 22.3 Å². The van der Waals surface area contributed by atoms with E-state index < -0.39 is 0 Å². The lowest BCUT2D eigenvalue weighted by atomic mass is 10.1. The van der Waals surface area contributed by atoms with Gasteiger partial charge in [0.25, 0.3) is 0 Å². The molecule has 0 aliphatic rings. The van der Waals surface area contributed by atoms with E-state index in [2.05, 4.69) is 19.2 Å². The number of hydrogen-bond acceptors (Lipinski definition) is 3. The van der Waals surface area contributed by atoms with Crippen LogP contribution < -0.4 is 5.32 Å². The highest BCUT2D eigenvalue weighted by Gasteiger charge is 2.19. The number of nitrogens with one attached hydrogen (secondary N) is 1. The molecular weight excluding hydrogens is 311 g/mol. The molecule has 0 unspecified atom stereocenters. The molecule has 0 aliphatic carbocycles. The van der Waals surface area contributed by atoms with Crippen molar-refractivity contribution >= 4 is 34.8 Å². The number of carbonyl (C=O) groups excluding carboxylic acids is 1. The van der Waals surface area contributed by atoms with Crippen molar-refractivity contribution in [2.75, 3.05) is 25.0 Å². The van der Waals surface area contributed by atoms with E-state index in [9.17, 15) is 4.79 Å². The van der Waals surface area contributed by atoms with Gasteiger partial charge in [-0.05, 0) is 25.0 Å². The first kappa shape index (κ1) is 18.2. The Morgan fingerprint density at radius 3 is 2.33 bits per heavy atom. The Labute approximate surface area is 136 Å². The molecule has 4 nitrogen and oxygen atoms in total. The molecule has 118 valence electrons. The minimum Gasteiger partial charge on any atom is -0.395 e. The fourth-order valence-electron chi connectivity index (χ4n) is 2.30. The molecule has 0 saturated heterocycles. The summed E-state index contributed by atoms with van der Waals surface area (Å²) < 4.78 is 0. The monoisotopic (exact) mass is 332 g/mol. The number of para-hydroxylation sites is 1. The van der Waals surface area contributed by atoms with E-state index in [4.69, 9.17) is 28.3 Å². The highest BCUT2D eigenvalue weighted by Crippen LogP contribution is 2.29. The minimum absolute atomic E-state index is 0.0244. The molecule has 0 bridgehead atoms. The zero-order chi connectivity index (χ0) is 15.8. The van der Waals surface area contributed by atoms with Crippen LogP contribution in [-0.2, 0) is 4.79 Å². The van der Waals surface area contributed by atoms with Gasteiger partial charge in [0.15, 0.2) is 0 Å². The summed E-state index contributed by atoms with van der Waals surface area (Å²) >= 11 is 12.1. The van der Waals surface area contributed by atoms with E-state index in [-0.39, 0.29) is 25.1 Å². The molecule has 0 atom stereocenters. The van der Waals surface area contributed by atoms with E-state index in [1.54, 1.807) is 18.2 Å². The third-order valence-corrected chi connectivity index (χ3v) is 4.05. The van der Waals surface area contributed by atoms with Crippen molar-refractivity contribution in [2.45, 2.75) is 32.7 Å². The smallest absolute Gasteiger partial charge is 0.238 e. The van der Waals surface area contributed by atoms with Gasteiger partial charge in [-0.15, -0.1) is 0 Å². The average Bonchev–Trinajstić information content (AvgIpc) is 2.44. The molecule has 0 aromatic heterocycles. The van der Waals surface area contributed by atoms with Gasteiger partial charge in [0, 0.05) is 12.6 Å². The number of nitrogens with zero attached hydrogens (tertiary/aromatic N) is 1. The van der Waals surface area contributed by atoms with Crippen LogP contribution in [-0.4, -0.2) is 41.7 Å². The first-order valence-corrected chi connectivity index (χ1v) is 7.87. The van der Waals surface area contributed by atoms with Crippen LogP contribution in [0.5, 0.6) is 0 Å². The van der Waals surface area contributed by atoms with Gasteiger partial charge in [-0.25, -0.2) is 0 Å². The molecule has 1 amide bonds. The maximum absolute atomic E-state index is 12.2. The summed E-state index contributed by atoms with van der Waals surface area (Å²) in [5.41, 5.74) is 0.430. The van der Waals surface area contributed by atoms with Crippen molar-refractivity contribution in [3.05, 3.63) is 28.2 Å². The fraction of sp³-hybridized carbons (Fsp3) is 0.533. The molecule has 6 heteroatoms. The van der Waals surface area contributed by atoms with Gasteiger partial charge in [-0.2, -0.15) is 0 Å². The van der Waals surface area contributed by atoms with Gasteiger partial charge in [-0.3, -0.25) is 9.69 Å². The van der Waals surface area contributed by atoms with Crippen molar-refractivity contribution in [1.29, 1.82) is 0 Å². The summed E-state index contributed by atoms with van der Waals surface area (Å²) in [5.74, 6) is -0.189. The highest BCUT2D eigenvalue weighted by atomic mass is 35.5. The van der Waals surface area contributed by atoms with Gasteiger partial charge < -0.3 is 10.4 Å². The molecule has 1 aromatic rings. The zero-order valence-corrected chi connectivity index (χ0v) is 13.9. The second-order valence-electron chi connectivity index (χ2n) is 4.81. The molecule has 21 heavy (non-hydrogen) atoms. The summed E-state index contributed by atoms with van der Waals surface area (Å²) in [6.45, 7) is 4.84. The van der Waals surface area contributed by atoms with E-state index in [1.807, 2.05) is 4.90 Å². The molecule has 0 aliphatic heterocycles. The van der Waals surface area contributed by atoms with Gasteiger partial charge in [-0.1, -0.05) is 43.1 Å². The van der Waals surface area contributed by atoms with Gasteiger partial charge in [0.1, 0.15) is 0 Å². The first-order valence-electron chi connectivity index (χ1n) is 7.12. The number of amides is 1. The molecule has 0 heterocycles. The number of aliphatic hydroxyl groups is 1. The van der Waals surface area contributed by atoms with Crippen LogP contribution in [0.15, 0.2) is 18.2 Å². The second kappa shape index (κ2) is 9.26. The first-order chi connectivity index (χ1) is 10.0. The van der Waals surface area contributed by atoms with Crippen LogP contribution in [0.25, 0.3) is 0 Å². The lowest BCUT2D eigenvalue weighted by molar-refractivity contribution is -0.118. The maximum Gasteiger partial charge on any atom is 0.238 e. The molecule has 1 rings (SSSR count). The van der Waals surface area contributed by atoms with Crippen molar-refractivity contribution in [2.24, 2.45) is 0 Å². The third-order valence-electron chi connectivity index (χ3n) is 3.42. The lowest BCUT2D eigenvalue weighted by Gasteiger charge is -2.29. The topological polar surface area (TPSA) is 52.6 Å². The van der Waals surface area contributed by atoms with Crippen LogP contribution in [0.4, 0.5) is 5.69 Å². The summed E-state index contributed by atoms with van der Waals surface area (Å²) in [6, 6.07) is 5.34. The number of benzene rings is 1. The van der Waals surface area contributed by atoms with Crippen molar-refractivity contribution in [3.8, 4) is 0 Å². The number of carbonyl (C=O) groups is 1. The summed E-state index contributed by atoms with van der Waals surface area (Å²) in [7, 11) is 0. The quantitative estimate of drug-likeness (QED) is 0.766. The number of rotatable bonds is 8. The van der Waals surface area contributed by atoms with E-state index in [0.717, 1.165) is 12.8 Å². The van der Waals surface area contributed by atoms with Crippen LogP contribution >= 0.6 is 23.2 Å². The molecule has 0 fully saturated rings. The number of hydrogen-bond donors (Lipinski definition) is 2. The largest absolute Gasteiger partial charge is 0.395 e. The summed E-state index contributed by atoms with van der Waals surface area (Å²) in [4.78, 5) is 14.2. The summed E-state index contributed by atoms with van der Waals surface area (Å²) in [6.07, 6.45) is 1.85. The third kappa shape index (κ3) is 5.47. The van der Waals surface area contributed by atoms with Crippen molar-refractivity contribution < 1.29 is 9.90 Å². The Balaban J connectivity index is 2.74. The lowest BCUT2D eigenvalue weighted by Crippen LogP contribution is -2.42. The number of halogens is 2. The van der Waals surface area contributed by atoms with Crippen LogP contribution in [0, 0.1) is 0 Å². The zero-order valence-electron chi connectivity index (χ0n) is 12.4. The fourth-order valence-corrected chi connectivity index (χ4v) is 2.80. The molecular formula is C15H22Cl2N2O2. The normalized spacial score (nSPS) is 11.2. The molecule has 0 saturated carbocycles. The van der Waals surface area contributed by atoms with Gasteiger partial charge >= 0.3 is 0 Å². The molecule has 0 spiro atoms. The average molecular weight is 333 g/mol. The van der Waals surface area contributed by atoms with Gasteiger partial charge in [0.2, 0.25) is 5.91 Å². The number of anilines is 1. The molecule has 2 N–H and O–H groups in total. The summed E-state index contributed by atoms with van der Waals surface area (Å²) in [5, 5.41) is 12.7. The Morgan fingerprint density at radius 1 is 1.29 bits per heavy atom. The van der Waals surface area contributed by atoms with Crippen LogP contribution in [0.2, 0.25) is 10.0 Å². The van der Waals surface area contributed by atoms with E-state index >= 15 is 0 Å². The predicted molar refractivity (Wildman–Crippen MR) is 88.1 cm³/mol. The Hall–Kier alpha value is -0.810. The molecule has 0 radical (unpaired) electrons. The minimum atomic E-state index is -0.189. The second-order valence-corrected chi connectivity index (χ2v) is 5.62.